The van der Waals surface area contributed by atoms with Crippen LogP contribution in [-0.4, -0.2) is 41.0 Å². The molecule has 3 amide bonds. The van der Waals surface area contributed by atoms with E-state index in [-0.39, 0.29) is 42.3 Å². The molecular weight excluding hydrogens is 457 g/mol. The van der Waals surface area contributed by atoms with E-state index in [9.17, 15) is 18.8 Å². The van der Waals surface area contributed by atoms with E-state index >= 15 is 0 Å². The van der Waals surface area contributed by atoms with Gasteiger partial charge in [-0.25, -0.2) is 4.39 Å². The Morgan fingerprint density at radius 2 is 1.56 bits per heavy atom. The number of nitrogens with one attached hydrogen (secondary N) is 1. The van der Waals surface area contributed by atoms with E-state index in [1.165, 1.54) is 23.5 Å². The topological polar surface area (TPSA) is 95.5 Å². The first-order chi connectivity index (χ1) is 16.4. The molecule has 8 nitrogen and oxygen atoms in total. The lowest BCUT2D eigenvalue weighted by Crippen LogP contribution is -2.28. The smallest absolute Gasteiger partial charge is 0.231 e. The first kappa shape index (κ1) is 22.1. The molecule has 2 saturated heterocycles. The summed E-state index contributed by atoms with van der Waals surface area (Å²) >= 11 is 1.23. The van der Waals surface area contributed by atoms with Crippen LogP contribution < -0.4 is 15.1 Å². The Morgan fingerprint density at radius 1 is 0.941 bits per heavy atom. The Hall–Kier alpha value is -3.66. The SMILES string of the molecule is Cc1ccc(N2CC(C(=O)Nc3nnc(C4CC(=O)N(c5ccc(F)cc5)C4)s3)CC2=O)cc1. The standard InChI is InChI=1S/C24H22FN5O3S/c1-14-2-6-18(7-3-14)29-12-15(10-20(29)31)22(33)26-24-28-27-23(34-24)16-11-21(32)30(13-16)19-8-4-17(25)5-9-19/h2-9,15-16H,10-13H2,1H3,(H,26,28,33). The second-order valence-corrected chi connectivity index (χ2v) is 9.57. The quantitative estimate of drug-likeness (QED) is 0.604. The summed E-state index contributed by atoms with van der Waals surface area (Å²) in [5.41, 5.74) is 2.51. The van der Waals surface area contributed by atoms with Crippen molar-refractivity contribution in [1.29, 1.82) is 0 Å². The highest BCUT2D eigenvalue weighted by Crippen LogP contribution is 2.34. The predicted molar refractivity (Wildman–Crippen MR) is 126 cm³/mol. The molecule has 0 spiro atoms. The summed E-state index contributed by atoms with van der Waals surface area (Å²) in [6.07, 6.45) is 0.401. The van der Waals surface area contributed by atoms with Crippen LogP contribution >= 0.6 is 11.3 Å². The Balaban J connectivity index is 1.21. The maximum absolute atomic E-state index is 13.2. The molecule has 2 aliphatic rings. The lowest BCUT2D eigenvalue weighted by Gasteiger charge is -2.16. The highest BCUT2D eigenvalue weighted by molar-refractivity contribution is 7.15. The molecule has 174 valence electrons. The normalized spacial score (nSPS) is 20.3. The van der Waals surface area contributed by atoms with Gasteiger partial charge in [0.05, 0.1) is 5.92 Å². The molecule has 0 bridgehead atoms. The minimum atomic E-state index is -0.483. The molecule has 0 saturated carbocycles. The third-order valence-electron chi connectivity index (χ3n) is 6.12. The van der Waals surface area contributed by atoms with Gasteiger partial charge in [-0.1, -0.05) is 29.0 Å². The van der Waals surface area contributed by atoms with Gasteiger partial charge in [0, 0.05) is 43.2 Å². The van der Waals surface area contributed by atoms with Crippen LogP contribution in [0.1, 0.15) is 29.3 Å². The Labute approximate surface area is 199 Å². The van der Waals surface area contributed by atoms with E-state index in [1.807, 2.05) is 31.2 Å². The van der Waals surface area contributed by atoms with Gasteiger partial charge in [0.15, 0.2) is 0 Å². The summed E-state index contributed by atoms with van der Waals surface area (Å²) in [6.45, 7) is 2.70. The number of carbonyl (C=O) groups is 3. The summed E-state index contributed by atoms with van der Waals surface area (Å²) in [6, 6.07) is 13.4. The molecule has 2 unspecified atom stereocenters. The monoisotopic (exact) mass is 479 g/mol. The minimum absolute atomic E-state index is 0.0712. The second-order valence-electron chi connectivity index (χ2n) is 8.56. The molecule has 2 fully saturated rings. The van der Waals surface area contributed by atoms with Gasteiger partial charge < -0.3 is 15.1 Å². The van der Waals surface area contributed by atoms with Crippen molar-refractivity contribution in [2.24, 2.45) is 5.92 Å². The van der Waals surface area contributed by atoms with Gasteiger partial charge in [-0.3, -0.25) is 14.4 Å². The van der Waals surface area contributed by atoms with Gasteiger partial charge in [-0.2, -0.15) is 0 Å². The lowest BCUT2D eigenvalue weighted by atomic mass is 10.1. The van der Waals surface area contributed by atoms with Crippen molar-refractivity contribution in [3.05, 3.63) is 64.9 Å². The van der Waals surface area contributed by atoms with Crippen molar-refractivity contribution in [3.8, 4) is 0 Å². The average molecular weight is 480 g/mol. The van der Waals surface area contributed by atoms with E-state index in [2.05, 4.69) is 15.5 Å². The van der Waals surface area contributed by atoms with Crippen molar-refractivity contribution in [2.75, 3.05) is 28.2 Å². The molecule has 3 aromatic rings. The van der Waals surface area contributed by atoms with Crippen molar-refractivity contribution in [1.82, 2.24) is 10.2 Å². The van der Waals surface area contributed by atoms with Gasteiger partial charge in [-0.15, -0.1) is 10.2 Å². The second kappa shape index (κ2) is 8.94. The number of anilines is 3. The third kappa shape index (κ3) is 4.41. The summed E-state index contributed by atoms with van der Waals surface area (Å²) in [5.74, 6) is -1.44. The zero-order valence-corrected chi connectivity index (χ0v) is 19.2. The van der Waals surface area contributed by atoms with E-state index in [4.69, 9.17) is 0 Å². The number of benzene rings is 2. The van der Waals surface area contributed by atoms with E-state index in [1.54, 1.807) is 21.9 Å². The molecule has 34 heavy (non-hydrogen) atoms. The van der Waals surface area contributed by atoms with Gasteiger partial charge >= 0.3 is 0 Å². The number of hydrogen-bond acceptors (Lipinski definition) is 6. The molecule has 0 radical (unpaired) electrons. The predicted octanol–water partition coefficient (Wildman–Crippen LogP) is 3.50. The third-order valence-corrected chi connectivity index (χ3v) is 7.13. The number of aromatic nitrogens is 2. The van der Waals surface area contributed by atoms with Crippen molar-refractivity contribution in [2.45, 2.75) is 25.7 Å². The number of aryl methyl sites for hydroxylation is 1. The zero-order valence-electron chi connectivity index (χ0n) is 18.4. The molecule has 5 rings (SSSR count). The van der Waals surface area contributed by atoms with Gasteiger partial charge in [-0.05, 0) is 43.3 Å². The number of nitrogens with zero attached hydrogens (tertiary/aromatic N) is 4. The first-order valence-electron chi connectivity index (χ1n) is 10.9. The molecule has 0 aliphatic carbocycles. The minimum Gasteiger partial charge on any atom is -0.312 e. The lowest BCUT2D eigenvalue weighted by molar-refractivity contribution is -0.122. The van der Waals surface area contributed by atoms with Crippen LogP contribution in [-0.2, 0) is 14.4 Å². The largest absolute Gasteiger partial charge is 0.312 e. The Kier molecular flexibility index (Phi) is 5.82. The van der Waals surface area contributed by atoms with Crippen molar-refractivity contribution < 1.29 is 18.8 Å². The molecular formula is C24H22FN5O3S. The molecule has 10 heteroatoms. The summed E-state index contributed by atoms with van der Waals surface area (Å²) in [4.78, 5) is 41.0. The number of hydrogen-bond donors (Lipinski definition) is 1. The molecule has 2 aromatic carbocycles. The summed E-state index contributed by atoms with van der Waals surface area (Å²) in [7, 11) is 0. The number of amides is 3. The van der Waals surface area contributed by atoms with Crippen LogP contribution in [0.5, 0.6) is 0 Å². The molecule has 2 atom stereocenters. The summed E-state index contributed by atoms with van der Waals surface area (Å²) < 4.78 is 13.2. The summed E-state index contributed by atoms with van der Waals surface area (Å²) in [5, 5.41) is 12.0. The fraction of sp³-hybridized carbons (Fsp3) is 0.292. The van der Waals surface area contributed by atoms with Crippen LogP contribution in [0.15, 0.2) is 48.5 Å². The number of rotatable bonds is 5. The Bertz CT molecular complexity index is 1240. The van der Waals surface area contributed by atoms with Crippen LogP contribution in [0.25, 0.3) is 0 Å². The van der Waals surface area contributed by atoms with Crippen molar-refractivity contribution >= 4 is 45.6 Å². The fourth-order valence-electron chi connectivity index (χ4n) is 4.26. The molecule has 1 aromatic heterocycles. The first-order valence-corrected chi connectivity index (χ1v) is 11.8. The highest BCUT2D eigenvalue weighted by Gasteiger charge is 2.36. The van der Waals surface area contributed by atoms with Gasteiger partial charge in [0.25, 0.3) is 0 Å². The maximum Gasteiger partial charge on any atom is 0.231 e. The molecule has 3 heterocycles. The molecule has 1 N–H and O–H groups in total. The average Bonchev–Trinajstić information content (AvgIpc) is 3.54. The van der Waals surface area contributed by atoms with E-state index in [0.29, 0.717) is 28.9 Å². The van der Waals surface area contributed by atoms with Gasteiger partial charge in [0.2, 0.25) is 22.9 Å². The highest BCUT2D eigenvalue weighted by atomic mass is 32.1. The maximum atomic E-state index is 13.2. The van der Waals surface area contributed by atoms with Crippen molar-refractivity contribution in [3.63, 3.8) is 0 Å². The fourth-order valence-corrected chi connectivity index (χ4v) is 5.10. The van der Waals surface area contributed by atoms with Crippen LogP contribution in [0.2, 0.25) is 0 Å². The number of carbonyl (C=O) groups excluding carboxylic acids is 3. The zero-order chi connectivity index (χ0) is 23.8. The van der Waals surface area contributed by atoms with Gasteiger partial charge in [0.1, 0.15) is 10.8 Å². The van der Waals surface area contributed by atoms with E-state index < -0.39 is 5.92 Å². The van der Waals surface area contributed by atoms with Crippen LogP contribution in [0, 0.1) is 18.7 Å². The van der Waals surface area contributed by atoms with Crippen LogP contribution in [0.4, 0.5) is 20.9 Å². The number of halogens is 1. The van der Waals surface area contributed by atoms with E-state index in [0.717, 1.165) is 11.3 Å². The van der Waals surface area contributed by atoms with Crippen LogP contribution in [0.3, 0.4) is 0 Å². The Morgan fingerprint density at radius 3 is 2.26 bits per heavy atom. The molecule has 2 aliphatic heterocycles.